The molecule has 4 heteroatoms. The maximum atomic E-state index is 11.3. The molecule has 0 aliphatic heterocycles. The van der Waals surface area contributed by atoms with Gasteiger partial charge in [0.1, 0.15) is 10.7 Å². The van der Waals surface area contributed by atoms with Gasteiger partial charge in [-0.25, -0.2) is 0 Å². The zero-order valence-electron chi connectivity index (χ0n) is 8.13. The summed E-state index contributed by atoms with van der Waals surface area (Å²) >= 11 is 0. The van der Waals surface area contributed by atoms with Crippen molar-refractivity contribution in [3.8, 4) is 0 Å². The molecule has 1 aromatic rings. The number of allylic oxidation sites excluding steroid dienone is 2. The lowest BCUT2D eigenvalue weighted by molar-refractivity contribution is 1.00. The molecule has 0 aliphatic rings. The summed E-state index contributed by atoms with van der Waals surface area (Å²) in [6, 6.07) is 0. The Balaban J connectivity index is 3.62. The number of nitrogens with one attached hydrogen (secondary N) is 2. The van der Waals surface area contributed by atoms with Gasteiger partial charge in [0.25, 0.3) is 11.1 Å². The maximum absolute atomic E-state index is 11.3. The van der Waals surface area contributed by atoms with Crippen LogP contribution in [0.5, 0.6) is 0 Å². The predicted octanol–water partition coefficient (Wildman–Crippen LogP) is -0.780. The van der Waals surface area contributed by atoms with Crippen molar-refractivity contribution in [2.75, 3.05) is 0 Å². The topological polar surface area (TPSA) is 65.7 Å². The molecule has 1 rings (SSSR count). The third-order valence-electron chi connectivity index (χ3n) is 1.73. The summed E-state index contributed by atoms with van der Waals surface area (Å²) < 4.78 is 0. The molecule has 0 atom stereocenters. The Morgan fingerprint density at radius 1 is 1.00 bits per heavy atom. The van der Waals surface area contributed by atoms with E-state index in [1.165, 1.54) is 0 Å². The highest BCUT2D eigenvalue weighted by Crippen LogP contribution is 1.67. The van der Waals surface area contributed by atoms with E-state index in [-0.39, 0.29) is 21.8 Å². The van der Waals surface area contributed by atoms with Crippen LogP contribution in [0.2, 0.25) is 0 Å². The van der Waals surface area contributed by atoms with Crippen molar-refractivity contribution >= 4 is 12.2 Å². The van der Waals surface area contributed by atoms with E-state index in [4.69, 9.17) is 0 Å². The number of hydrogen-bond donors (Lipinski definition) is 2. The number of aromatic nitrogens is 2. The number of hydrogen-bond acceptors (Lipinski definition) is 2. The van der Waals surface area contributed by atoms with Crippen molar-refractivity contribution in [3.05, 3.63) is 43.6 Å². The zero-order chi connectivity index (χ0) is 10.6. The SMILES string of the molecule is C/C=C\C=c1/[nH]c(=O)/c(=C/C)[nH]c1=O. The fourth-order valence-corrected chi connectivity index (χ4v) is 1.01. The lowest BCUT2D eigenvalue weighted by Gasteiger charge is -1.86. The molecule has 0 spiro atoms. The second-order valence-electron chi connectivity index (χ2n) is 2.72. The Morgan fingerprint density at radius 2 is 1.57 bits per heavy atom. The Bertz CT molecular complexity index is 561. The average Bonchev–Trinajstić information content (AvgIpc) is 2.18. The van der Waals surface area contributed by atoms with Crippen LogP contribution in [0.25, 0.3) is 12.2 Å². The third kappa shape index (κ3) is 2.10. The van der Waals surface area contributed by atoms with E-state index in [9.17, 15) is 9.59 Å². The number of rotatable bonds is 1. The molecule has 0 saturated heterocycles. The predicted molar refractivity (Wildman–Crippen MR) is 56.4 cm³/mol. The number of H-pyrrole nitrogens is 2. The molecule has 2 N–H and O–H groups in total. The molecule has 0 bridgehead atoms. The lowest BCUT2D eigenvalue weighted by atomic mass is 10.4. The molecule has 1 heterocycles. The molecule has 0 radical (unpaired) electrons. The van der Waals surface area contributed by atoms with Crippen molar-refractivity contribution in [1.82, 2.24) is 9.97 Å². The minimum absolute atomic E-state index is 0.263. The van der Waals surface area contributed by atoms with Crippen molar-refractivity contribution in [1.29, 1.82) is 0 Å². The smallest absolute Gasteiger partial charge is 0.272 e. The van der Waals surface area contributed by atoms with Gasteiger partial charge in [-0.3, -0.25) is 9.59 Å². The second kappa shape index (κ2) is 4.41. The average molecular weight is 192 g/mol. The van der Waals surface area contributed by atoms with E-state index >= 15 is 0 Å². The molecule has 0 aromatic carbocycles. The van der Waals surface area contributed by atoms with Gasteiger partial charge in [0.2, 0.25) is 0 Å². The maximum Gasteiger partial charge on any atom is 0.272 e. The van der Waals surface area contributed by atoms with Crippen molar-refractivity contribution < 1.29 is 0 Å². The van der Waals surface area contributed by atoms with Gasteiger partial charge in [0, 0.05) is 0 Å². The summed E-state index contributed by atoms with van der Waals surface area (Å²) in [5.74, 6) is 0. The molecule has 4 nitrogen and oxygen atoms in total. The Labute approximate surface area is 80.3 Å². The van der Waals surface area contributed by atoms with Crippen LogP contribution < -0.4 is 21.8 Å². The van der Waals surface area contributed by atoms with Gasteiger partial charge in [0.05, 0.1) is 0 Å². The molecular weight excluding hydrogens is 180 g/mol. The molecule has 74 valence electrons. The molecular formula is C10H12N2O2. The standard InChI is InChI=1S/C10H12N2O2/c1-3-5-6-8-10(14)11-7(4-2)9(13)12-8/h3-6H,1-2H3,(H,11,14)(H,12,13)/b5-3-,7-4-,8-6-. The van der Waals surface area contributed by atoms with Crippen molar-refractivity contribution in [3.63, 3.8) is 0 Å². The summed E-state index contributed by atoms with van der Waals surface area (Å²) in [5.41, 5.74) is -0.585. The summed E-state index contributed by atoms with van der Waals surface area (Å²) in [6.45, 7) is 3.52. The quantitative estimate of drug-likeness (QED) is 0.613. The highest BCUT2D eigenvalue weighted by atomic mass is 16.1. The highest BCUT2D eigenvalue weighted by Gasteiger charge is 1.91. The van der Waals surface area contributed by atoms with Crippen LogP contribution in [0.3, 0.4) is 0 Å². The van der Waals surface area contributed by atoms with Crippen LogP contribution in [0, 0.1) is 0 Å². The molecule has 0 fully saturated rings. The Morgan fingerprint density at radius 3 is 2.14 bits per heavy atom. The van der Waals surface area contributed by atoms with E-state index in [1.807, 2.05) is 6.92 Å². The molecule has 0 unspecified atom stereocenters. The van der Waals surface area contributed by atoms with E-state index in [2.05, 4.69) is 9.97 Å². The molecule has 0 aliphatic carbocycles. The van der Waals surface area contributed by atoms with E-state index < -0.39 is 0 Å². The van der Waals surface area contributed by atoms with Gasteiger partial charge in [-0.05, 0) is 19.9 Å². The molecule has 0 amide bonds. The summed E-state index contributed by atoms with van der Waals surface area (Å²) in [7, 11) is 0. The van der Waals surface area contributed by atoms with Crippen LogP contribution in [-0.4, -0.2) is 9.97 Å². The number of aromatic amines is 2. The van der Waals surface area contributed by atoms with Gasteiger partial charge in [-0.1, -0.05) is 18.2 Å². The summed E-state index contributed by atoms with van der Waals surface area (Å²) in [4.78, 5) is 27.6. The first-order valence-corrected chi connectivity index (χ1v) is 4.31. The Hall–Kier alpha value is -1.84. The van der Waals surface area contributed by atoms with Crippen molar-refractivity contribution in [2.24, 2.45) is 0 Å². The summed E-state index contributed by atoms with van der Waals surface area (Å²) in [6.07, 6.45) is 6.58. The monoisotopic (exact) mass is 192 g/mol. The normalized spacial score (nSPS) is 14.1. The molecule has 0 saturated carbocycles. The fourth-order valence-electron chi connectivity index (χ4n) is 1.01. The minimum Gasteiger partial charge on any atom is -0.316 e. The van der Waals surface area contributed by atoms with Crippen LogP contribution in [0.1, 0.15) is 13.8 Å². The second-order valence-corrected chi connectivity index (χ2v) is 2.72. The lowest BCUT2D eigenvalue weighted by Crippen LogP contribution is -2.46. The van der Waals surface area contributed by atoms with Crippen LogP contribution in [0.4, 0.5) is 0 Å². The van der Waals surface area contributed by atoms with Crippen molar-refractivity contribution in [2.45, 2.75) is 13.8 Å². The third-order valence-corrected chi connectivity index (χ3v) is 1.73. The van der Waals surface area contributed by atoms with Gasteiger partial charge in [-0.15, -0.1) is 0 Å². The minimum atomic E-state index is -0.296. The van der Waals surface area contributed by atoms with Gasteiger partial charge < -0.3 is 9.97 Å². The summed E-state index contributed by atoms with van der Waals surface area (Å²) in [5, 5.41) is 0.548. The van der Waals surface area contributed by atoms with E-state index in [0.717, 1.165) is 0 Å². The Kier molecular flexibility index (Phi) is 3.23. The van der Waals surface area contributed by atoms with Gasteiger partial charge in [-0.2, -0.15) is 0 Å². The van der Waals surface area contributed by atoms with Crippen LogP contribution in [-0.2, 0) is 0 Å². The largest absolute Gasteiger partial charge is 0.316 e. The molecule has 1 aromatic heterocycles. The first kappa shape index (κ1) is 10.2. The van der Waals surface area contributed by atoms with Crippen LogP contribution >= 0.6 is 0 Å². The zero-order valence-corrected chi connectivity index (χ0v) is 8.13. The van der Waals surface area contributed by atoms with E-state index in [0.29, 0.717) is 0 Å². The van der Waals surface area contributed by atoms with Crippen LogP contribution in [0.15, 0.2) is 21.7 Å². The van der Waals surface area contributed by atoms with Gasteiger partial charge in [0.15, 0.2) is 0 Å². The fraction of sp³-hybridized carbons (Fsp3) is 0.200. The highest BCUT2D eigenvalue weighted by molar-refractivity contribution is 5.32. The van der Waals surface area contributed by atoms with E-state index in [1.54, 1.807) is 31.2 Å². The van der Waals surface area contributed by atoms with Gasteiger partial charge >= 0.3 is 0 Å². The molecule has 14 heavy (non-hydrogen) atoms. The first-order chi connectivity index (χ1) is 6.69. The first-order valence-electron chi connectivity index (χ1n) is 4.31.